The first-order valence-electron chi connectivity index (χ1n) is 4.41. The molecule has 9 heteroatoms. The minimum Gasteiger partial charge on any atom is -0.494 e. The van der Waals surface area contributed by atoms with E-state index in [0.717, 1.165) is 13.2 Å². The lowest BCUT2D eigenvalue weighted by Crippen LogP contribution is -2.19. The molecule has 1 aromatic rings. The van der Waals surface area contributed by atoms with E-state index in [0.29, 0.717) is 0 Å². The number of ether oxygens (including phenoxy) is 2. The maximum Gasteiger partial charge on any atom is 0.573 e. The van der Waals surface area contributed by atoms with E-state index in [-0.39, 0.29) is 16.8 Å². The highest BCUT2D eigenvalue weighted by molar-refractivity contribution is 9.08. The van der Waals surface area contributed by atoms with Crippen molar-refractivity contribution >= 4 is 21.9 Å². The number of alkyl halides is 4. The van der Waals surface area contributed by atoms with Crippen LogP contribution in [0.3, 0.4) is 0 Å². The van der Waals surface area contributed by atoms with Gasteiger partial charge in [-0.15, -0.1) is 13.2 Å². The van der Waals surface area contributed by atoms with Crippen molar-refractivity contribution in [2.75, 3.05) is 7.11 Å². The Morgan fingerprint density at radius 1 is 1.50 bits per heavy atom. The first-order chi connectivity index (χ1) is 8.28. The van der Waals surface area contributed by atoms with Gasteiger partial charge in [0.2, 0.25) is 0 Å². The maximum absolute atomic E-state index is 12.1. The highest BCUT2D eigenvalue weighted by Crippen LogP contribution is 2.31. The summed E-state index contributed by atoms with van der Waals surface area (Å²) in [6.45, 7) is 0. The third-order valence-corrected chi connectivity index (χ3v) is 2.33. The molecule has 1 rings (SSSR count). The number of aromatic carboxylic acids is 1. The van der Waals surface area contributed by atoms with Crippen LogP contribution >= 0.6 is 15.9 Å². The third kappa shape index (κ3) is 3.49. The molecule has 0 aliphatic heterocycles. The summed E-state index contributed by atoms with van der Waals surface area (Å²) in [4.78, 5) is 14.4. The van der Waals surface area contributed by atoms with Crippen LogP contribution in [0.25, 0.3) is 0 Å². The van der Waals surface area contributed by atoms with Gasteiger partial charge in [0.15, 0.2) is 17.2 Å². The fourth-order valence-corrected chi connectivity index (χ4v) is 1.54. The molecule has 0 fully saturated rings. The van der Waals surface area contributed by atoms with Crippen LogP contribution in [0.15, 0.2) is 6.07 Å². The Morgan fingerprint density at radius 3 is 2.50 bits per heavy atom. The number of carboxylic acid groups (broad SMARTS) is 1. The van der Waals surface area contributed by atoms with Gasteiger partial charge in [0, 0.05) is 11.4 Å². The highest BCUT2D eigenvalue weighted by atomic mass is 79.9. The van der Waals surface area contributed by atoms with Crippen LogP contribution in [0.4, 0.5) is 13.2 Å². The molecule has 100 valence electrons. The molecule has 5 nitrogen and oxygen atoms in total. The van der Waals surface area contributed by atoms with Crippen molar-refractivity contribution in [1.29, 1.82) is 0 Å². The molecule has 0 saturated heterocycles. The first kappa shape index (κ1) is 14.6. The summed E-state index contributed by atoms with van der Waals surface area (Å²) in [5.41, 5.74) is -0.674. The monoisotopic (exact) mass is 329 g/mol. The fraction of sp³-hybridized carbons (Fsp3) is 0.333. The van der Waals surface area contributed by atoms with Crippen molar-refractivity contribution in [2.24, 2.45) is 0 Å². The number of hydrogen-bond acceptors (Lipinski definition) is 4. The minimum atomic E-state index is -4.89. The Bertz CT molecular complexity index is 464. The number of carbonyl (C=O) groups is 1. The van der Waals surface area contributed by atoms with E-state index < -0.39 is 23.8 Å². The standard InChI is InChI=1S/C9H7BrF3NO4/c1-17-6-2-5(18-9(11,12)13)4(3-10)14-7(6)8(15)16/h2H,3H2,1H3,(H,15,16). The smallest absolute Gasteiger partial charge is 0.494 e. The maximum atomic E-state index is 12.1. The number of pyridine rings is 1. The number of nitrogens with zero attached hydrogens (tertiary/aromatic N) is 1. The van der Waals surface area contributed by atoms with Gasteiger partial charge in [-0.1, -0.05) is 15.9 Å². The molecule has 0 aliphatic rings. The minimum absolute atomic E-state index is 0.0946. The Kier molecular flexibility index (Phi) is 4.38. The van der Waals surface area contributed by atoms with Crippen molar-refractivity contribution in [2.45, 2.75) is 11.7 Å². The molecule has 18 heavy (non-hydrogen) atoms. The second kappa shape index (κ2) is 5.42. The molecular formula is C9H7BrF3NO4. The molecule has 0 aliphatic carbocycles. The van der Waals surface area contributed by atoms with Crippen molar-refractivity contribution in [1.82, 2.24) is 4.98 Å². The van der Waals surface area contributed by atoms with E-state index in [1.54, 1.807) is 0 Å². The Hall–Kier alpha value is -1.51. The van der Waals surface area contributed by atoms with Gasteiger partial charge in [-0.2, -0.15) is 0 Å². The van der Waals surface area contributed by atoms with Gasteiger partial charge in [0.05, 0.1) is 12.8 Å². The van der Waals surface area contributed by atoms with Crippen LogP contribution in [-0.2, 0) is 5.33 Å². The largest absolute Gasteiger partial charge is 0.573 e. The molecule has 1 heterocycles. The summed E-state index contributed by atoms with van der Waals surface area (Å²) in [6, 6.07) is 0.834. The Morgan fingerprint density at radius 2 is 2.11 bits per heavy atom. The molecule has 0 spiro atoms. The molecule has 0 aromatic carbocycles. The molecular weight excluding hydrogens is 323 g/mol. The summed E-state index contributed by atoms with van der Waals surface area (Å²) >= 11 is 2.90. The lowest BCUT2D eigenvalue weighted by Gasteiger charge is -2.14. The van der Waals surface area contributed by atoms with Crippen molar-refractivity contribution < 1.29 is 32.5 Å². The fourth-order valence-electron chi connectivity index (χ4n) is 1.13. The van der Waals surface area contributed by atoms with Crippen molar-refractivity contribution in [3.05, 3.63) is 17.5 Å². The van der Waals surface area contributed by atoms with Gasteiger partial charge < -0.3 is 14.6 Å². The lowest BCUT2D eigenvalue weighted by molar-refractivity contribution is -0.275. The molecule has 1 N–H and O–H groups in total. The SMILES string of the molecule is COc1cc(OC(F)(F)F)c(CBr)nc1C(=O)O. The Labute approximate surface area is 108 Å². The van der Waals surface area contributed by atoms with Gasteiger partial charge in [-0.25, -0.2) is 9.78 Å². The zero-order chi connectivity index (χ0) is 13.9. The normalized spacial score (nSPS) is 11.2. The summed E-state index contributed by atoms with van der Waals surface area (Å²) in [5, 5.41) is 8.72. The number of hydrogen-bond donors (Lipinski definition) is 1. The van der Waals surface area contributed by atoms with Gasteiger partial charge in [-0.05, 0) is 0 Å². The van der Waals surface area contributed by atoms with Gasteiger partial charge >= 0.3 is 12.3 Å². The Balaban J connectivity index is 3.30. The second-order valence-electron chi connectivity index (χ2n) is 2.97. The predicted molar refractivity (Wildman–Crippen MR) is 57.1 cm³/mol. The quantitative estimate of drug-likeness (QED) is 0.860. The van der Waals surface area contributed by atoms with Crippen LogP contribution in [0, 0.1) is 0 Å². The topological polar surface area (TPSA) is 68.7 Å². The summed E-state index contributed by atoms with van der Waals surface area (Å²) in [7, 11) is 1.12. The average Bonchev–Trinajstić information content (AvgIpc) is 2.25. The molecule has 1 aromatic heterocycles. The van der Waals surface area contributed by atoms with Crippen LogP contribution in [0.5, 0.6) is 11.5 Å². The van der Waals surface area contributed by atoms with E-state index in [9.17, 15) is 18.0 Å². The summed E-state index contributed by atoms with van der Waals surface area (Å²) in [5.74, 6) is -2.33. The molecule has 0 bridgehead atoms. The highest BCUT2D eigenvalue weighted by Gasteiger charge is 2.33. The summed E-state index contributed by atoms with van der Waals surface area (Å²) < 4.78 is 44.8. The number of methoxy groups -OCH3 is 1. The first-order valence-corrected chi connectivity index (χ1v) is 5.53. The number of aromatic nitrogens is 1. The van der Waals surface area contributed by atoms with Crippen molar-refractivity contribution in [3.63, 3.8) is 0 Å². The summed E-state index contributed by atoms with van der Waals surface area (Å²) in [6.07, 6.45) is -4.89. The van der Waals surface area contributed by atoms with Crippen LogP contribution in [0.1, 0.15) is 16.2 Å². The van der Waals surface area contributed by atoms with Crippen molar-refractivity contribution in [3.8, 4) is 11.5 Å². The van der Waals surface area contributed by atoms with Gasteiger partial charge in [0.25, 0.3) is 0 Å². The second-order valence-corrected chi connectivity index (χ2v) is 3.53. The van der Waals surface area contributed by atoms with E-state index in [4.69, 9.17) is 5.11 Å². The molecule has 0 unspecified atom stereocenters. The number of halogens is 4. The lowest BCUT2D eigenvalue weighted by atomic mass is 10.2. The van der Waals surface area contributed by atoms with Gasteiger partial charge in [0.1, 0.15) is 0 Å². The zero-order valence-electron chi connectivity index (χ0n) is 8.92. The van der Waals surface area contributed by atoms with Gasteiger partial charge in [-0.3, -0.25) is 0 Å². The van der Waals surface area contributed by atoms with Crippen LogP contribution in [0.2, 0.25) is 0 Å². The molecule has 0 atom stereocenters. The number of rotatable bonds is 4. The molecule has 0 amide bonds. The third-order valence-electron chi connectivity index (χ3n) is 1.80. The number of carboxylic acids is 1. The van der Waals surface area contributed by atoms with E-state index in [1.165, 1.54) is 0 Å². The molecule has 0 saturated carbocycles. The van der Waals surface area contributed by atoms with E-state index >= 15 is 0 Å². The van der Waals surface area contributed by atoms with Crippen LogP contribution in [-0.4, -0.2) is 29.5 Å². The predicted octanol–water partition coefficient (Wildman–Crippen LogP) is 2.58. The van der Waals surface area contributed by atoms with E-state index in [2.05, 4.69) is 30.4 Å². The van der Waals surface area contributed by atoms with Crippen LogP contribution < -0.4 is 9.47 Å². The van der Waals surface area contributed by atoms with E-state index in [1.807, 2.05) is 0 Å². The average molecular weight is 330 g/mol. The molecule has 0 radical (unpaired) electrons. The zero-order valence-corrected chi connectivity index (χ0v) is 10.5.